The van der Waals surface area contributed by atoms with E-state index in [4.69, 9.17) is 21.1 Å². The summed E-state index contributed by atoms with van der Waals surface area (Å²) in [6, 6.07) is 9.01. The normalized spacial score (nSPS) is 10.2. The quantitative estimate of drug-likeness (QED) is 0.785. The minimum atomic E-state index is -0.301. The number of hydrogen-bond acceptors (Lipinski definition) is 3. The standard InChI is InChI=1S/C15H12ClFO3/c1-19-14-6-11(8-18)13(16)7-15(14)20-9-10-2-4-12(17)5-3-10/h2-8H,9H2,1H3. The number of carbonyl (C=O) groups is 1. The molecule has 104 valence electrons. The summed E-state index contributed by atoms with van der Waals surface area (Å²) < 4.78 is 23.5. The Kier molecular flexibility index (Phi) is 4.58. The Bertz CT molecular complexity index is 611. The molecule has 3 nitrogen and oxygen atoms in total. The highest BCUT2D eigenvalue weighted by Crippen LogP contribution is 2.33. The summed E-state index contributed by atoms with van der Waals surface area (Å²) in [4.78, 5) is 10.8. The van der Waals surface area contributed by atoms with E-state index in [-0.39, 0.29) is 17.4 Å². The Hall–Kier alpha value is -2.07. The van der Waals surface area contributed by atoms with E-state index in [2.05, 4.69) is 0 Å². The summed E-state index contributed by atoms with van der Waals surface area (Å²) in [5.74, 6) is 0.538. The van der Waals surface area contributed by atoms with Crippen molar-refractivity contribution >= 4 is 17.9 Å². The number of hydrogen-bond donors (Lipinski definition) is 0. The summed E-state index contributed by atoms with van der Waals surface area (Å²) in [7, 11) is 1.47. The second-order valence-corrected chi connectivity index (χ2v) is 4.46. The third-order valence-corrected chi connectivity index (χ3v) is 3.04. The van der Waals surface area contributed by atoms with Crippen molar-refractivity contribution in [3.05, 3.63) is 58.4 Å². The molecule has 0 aliphatic rings. The van der Waals surface area contributed by atoms with Crippen molar-refractivity contribution in [2.75, 3.05) is 7.11 Å². The minimum absolute atomic E-state index is 0.243. The molecule has 0 saturated carbocycles. The molecule has 2 aromatic rings. The van der Waals surface area contributed by atoms with Gasteiger partial charge in [0.1, 0.15) is 12.4 Å². The Morgan fingerprint density at radius 2 is 1.90 bits per heavy atom. The molecular weight excluding hydrogens is 283 g/mol. The molecule has 0 aliphatic carbocycles. The van der Waals surface area contributed by atoms with Crippen LogP contribution in [0.2, 0.25) is 5.02 Å². The average Bonchev–Trinajstić information content (AvgIpc) is 2.46. The molecule has 2 rings (SSSR count). The molecule has 0 bridgehead atoms. The first kappa shape index (κ1) is 14.3. The van der Waals surface area contributed by atoms with Crippen molar-refractivity contribution in [2.24, 2.45) is 0 Å². The molecule has 0 fully saturated rings. The fraction of sp³-hybridized carbons (Fsp3) is 0.133. The van der Waals surface area contributed by atoms with Gasteiger partial charge in [0.15, 0.2) is 17.8 Å². The highest BCUT2D eigenvalue weighted by molar-refractivity contribution is 6.33. The van der Waals surface area contributed by atoms with E-state index in [1.54, 1.807) is 12.1 Å². The predicted molar refractivity (Wildman–Crippen MR) is 74.1 cm³/mol. The van der Waals surface area contributed by atoms with Crippen LogP contribution < -0.4 is 9.47 Å². The van der Waals surface area contributed by atoms with Crippen LogP contribution in [0.1, 0.15) is 15.9 Å². The smallest absolute Gasteiger partial charge is 0.163 e. The van der Waals surface area contributed by atoms with Crippen LogP contribution in [0.15, 0.2) is 36.4 Å². The summed E-state index contributed by atoms with van der Waals surface area (Å²) in [6.07, 6.45) is 0.647. The average molecular weight is 295 g/mol. The molecule has 0 amide bonds. The zero-order valence-electron chi connectivity index (χ0n) is 10.7. The van der Waals surface area contributed by atoms with Gasteiger partial charge in [0.05, 0.1) is 12.1 Å². The minimum Gasteiger partial charge on any atom is -0.493 e. The van der Waals surface area contributed by atoms with Crippen molar-refractivity contribution < 1.29 is 18.7 Å². The van der Waals surface area contributed by atoms with Gasteiger partial charge in [0.25, 0.3) is 0 Å². The summed E-state index contributed by atoms with van der Waals surface area (Å²) in [5, 5.41) is 0.287. The van der Waals surface area contributed by atoms with Crippen LogP contribution in [0.4, 0.5) is 4.39 Å². The maximum absolute atomic E-state index is 12.8. The van der Waals surface area contributed by atoms with E-state index in [1.807, 2.05) is 0 Å². The van der Waals surface area contributed by atoms with Crippen LogP contribution in [-0.2, 0) is 6.61 Å². The third kappa shape index (κ3) is 3.27. The van der Waals surface area contributed by atoms with E-state index in [1.165, 1.54) is 31.4 Å². The highest BCUT2D eigenvalue weighted by atomic mass is 35.5. The van der Waals surface area contributed by atoms with E-state index < -0.39 is 0 Å². The number of carbonyl (C=O) groups excluding carboxylic acids is 1. The summed E-state index contributed by atoms with van der Waals surface area (Å²) in [6.45, 7) is 0.243. The summed E-state index contributed by atoms with van der Waals surface area (Å²) >= 11 is 5.94. The lowest BCUT2D eigenvalue weighted by Gasteiger charge is -2.12. The molecule has 0 unspecified atom stereocenters. The molecule has 0 aliphatic heterocycles. The molecule has 20 heavy (non-hydrogen) atoms. The van der Waals surface area contributed by atoms with E-state index in [0.29, 0.717) is 23.3 Å². The predicted octanol–water partition coefficient (Wildman–Crippen LogP) is 3.88. The molecule has 2 aromatic carbocycles. The highest BCUT2D eigenvalue weighted by Gasteiger charge is 2.10. The lowest BCUT2D eigenvalue weighted by molar-refractivity contribution is 0.112. The molecule has 0 spiro atoms. The van der Waals surface area contributed by atoms with Gasteiger partial charge in [-0.2, -0.15) is 0 Å². The van der Waals surface area contributed by atoms with Crippen LogP contribution >= 0.6 is 11.6 Å². The van der Waals surface area contributed by atoms with Crippen LogP contribution in [0.3, 0.4) is 0 Å². The first-order chi connectivity index (χ1) is 9.63. The van der Waals surface area contributed by atoms with Gasteiger partial charge >= 0.3 is 0 Å². The number of ether oxygens (including phenoxy) is 2. The topological polar surface area (TPSA) is 35.5 Å². The lowest BCUT2D eigenvalue weighted by Crippen LogP contribution is -1.99. The Labute approximate surface area is 120 Å². The van der Waals surface area contributed by atoms with Crippen molar-refractivity contribution in [3.63, 3.8) is 0 Å². The van der Waals surface area contributed by atoms with Gasteiger partial charge in [-0.05, 0) is 23.8 Å². The van der Waals surface area contributed by atoms with Gasteiger partial charge < -0.3 is 9.47 Å². The fourth-order valence-electron chi connectivity index (χ4n) is 1.66. The first-order valence-electron chi connectivity index (χ1n) is 5.84. The number of halogens is 2. The Balaban J connectivity index is 2.18. The molecule has 0 aromatic heterocycles. The van der Waals surface area contributed by atoms with E-state index in [9.17, 15) is 9.18 Å². The number of methoxy groups -OCH3 is 1. The van der Waals surface area contributed by atoms with Crippen molar-refractivity contribution in [1.82, 2.24) is 0 Å². The van der Waals surface area contributed by atoms with Crippen LogP contribution in [-0.4, -0.2) is 13.4 Å². The Morgan fingerprint density at radius 3 is 2.50 bits per heavy atom. The molecule has 0 heterocycles. The molecular formula is C15H12ClFO3. The lowest BCUT2D eigenvalue weighted by atomic mass is 10.2. The van der Waals surface area contributed by atoms with Crippen molar-refractivity contribution in [1.29, 1.82) is 0 Å². The van der Waals surface area contributed by atoms with Crippen LogP contribution in [0.25, 0.3) is 0 Å². The molecule has 0 radical (unpaired) electrons. The van der Waals surface area contributed by atoms with Gasteiger partial charge in [-0.1, -0.05) is 23.7 Å². The maximum atomic E-state index is 12.8. The molecule has 0 atom stereocenters. The van der Waals surface area contributed by atoms with Gasteiger partial charge in [0.2, 0.25) is 0 Å². The van der Waals surface area contributed by atoms with E-state index in [0.717, 1.165) is 5.56 Å². The van der Waals surface area contributed by atoms with Crippen LogP contribution in [0.5, 0.6) is 11.5 Å². The van der Waals surface area contributed by atoms with Gasteiger partial charge in [0, 0.05) is 11.6 Å². The van der Waals surface area contributed by atoms with E-state index >= 15 is 0 Å². The van der Waals surface area contributed by atoms with Crippen molar-refractivity contribution in [3.8, 4) is 11.5 Å². The zero-order valence-corrected chi connectivity index (χ0v) is 11.5. The molecule has 0 N–H and O–H groups in total. The zero-order chi connectivity index (χ0) is 14.5. The maximum Gasteiger partial charge on any atom is 0.163 e. The second-order valence-electron chi connectivity index (χ2n) is 4.06. The first-order valence-corrected chi connectivity index (χ1v) is 6.22. The van der Waals surface area contributed by atoms with Gasteiger partial charge in [-0.25, -0.2) is 4.39 Å². The second kappa shape index (κ2) is 6.39. The fourth-order valence-corrected chi connectivity index (χ4v) is 1.85. The van der Waals surface area contributed by atoms with Gasteiger partial charge in [-0.3, -0.25) is 4.79 Å². The largest absolute Gasteiger partial charge is 0.493 e. The number of rotatable bonds is 5. The Morgan fingerprint density at radius 1 is 1.20 bits per heavy atom. The number of benzene rings is 2. The number of aldehydes is 1. The van der Waals surface area contributed by atoms with Crippen LogP contribution in [0, 0.1) is 5.82 Å². The third-order valence-electron chi connectivity index (χ3n) is 2.72. The molecule has 5 heteroatoms. The SMILES string of the molecule is COc1cc(C=O)c(Cl)cc1OCc1ccc(F)cc1. The monoisotopic (exact) mass is 294 g/mol. The van der Waals surface area contributed by atoms with Gasteiger partial charge in [-0.15, -0.1) is 0 Å². The van der Waals surface area contributed by atoms with Crippen molar-refractivity contribution in [2.45, 2.75) is 6.61 Å². The molecule has 0 saturated heterocycles. The summed E-state index contributed by atoms with van der Waals surface area (Å²) in [5.41, 5.74) is 1.14.